The van der Waals surface area contributed by atoms with E-state index in [1.54, 1.807) is 25.1 Å². The highest BCUT2D eigenvalue weighted by atomic mass is 35.5. The van der Waals surface area contributed by atoms with E-state index in [9.17, 15) is 9.18 Å². The Labute approximate surface area is 109 Å². The van der Waals surface area contributed by atoms with E-state index in [4.69, 9.17) is 11.6 Å². The van der Waals surface area contributed by atoms with Crippen molar-refractivity contribution in [1.29, 1.82) is 0 Å². The van der Waals surface area contributed by atoms with Gasteiger partial charge in [-0.05, 0) is 36.8 Å². The van der Waals surface area contributed by atoms with Crippen LogP contribution in [-0.4, -0.2) is 10.9 Å². The van der Waals surface area contributed by atoms with E-state index < -0.39 is 11.7 Å². The molecule has 0 spiro atoms. The van der Waals surface area contributed by atoms with Gasteiger partial charge in [-0.15, -0.1) is 0 Å². The van der Waals surface area contributed by atoms with E-state index in [1.807, 2.05) is 0 Å². The zero-order chi connectivity index (χ0) is 13.1. The van der Waals surface area contributed by atoms with Gasteiger partial charge in [0.25, 0.3) is 5.91 Å². The lowest BCUT2D eigenvalue weighted by molar-refractivity contribution is 0.101. The predicted octanol–water partition coefficient (Wildman–Crippen LogP) is 3.43. The van der Waals surface area contributed by atoms with Crippen LogP contribution in [0.25, 0.3) is 0 Å². The number of hydrogen-bond donors (Lipinski definition) is 1. The highest BCUT2D eigenvalue weighted by molar-refractivity contribution is 6.31. The van der Waals surface area contributed by atoms with E-state index in [2.05, 4.69) is 10.3 Å². The maximum absolute atomic E-state index is 13.4. The van der Waals surface area contributed by atoms with Crippen molar-refractivity contribution in [3.05, 3.63) is 58.6 Å². The molecule has 0 fully saturated rings. The number of halogens is 2. The Morgan fingerprint density at radius 1 is 1.33 bits per heavy atom. The van der Waals surface area contributed by atoms with E-state index in [-0.39, 0.29) is 5.69 Å². The topological polar surface area (TPSA) is 42.0 Å². The lowest BCUT2D eigenvalue weighted by atomic mass is 10.2. The van der Waals surface area contributed by atoms with Crippen molar-refractivity contribution < 1.29 is 9.18 Å². The van der Waals surface area contributed by atoms with Crippen LogP contribution in [0.15, 0.2) is 36.5 Å². The molecule has 1 heterocycles. The molecule has 1 amide bonds. The zero-order valence-electron chi connectivity index (χ0n) is 9.58. The number of nitrogens with zero attached hydrogens (tertiary/aromatic N) is 1. The van der Waals surface area contributed by atoms with Gasteiger partial charge in [-0.3, -0.25) is 4.79 Å². The van der Waals surface area contributed by atoms with Crippen molar-refractivity contribution in [3.63, 3.8) is 0 Å². The third-order valence-corrected chi connectivity index (χ3v) is 2.90. The summed E-state index contributed by atoms with van der Waals surface area (Å²) in [6.45, 7) is 1.77. The summed E-state index contributed by atoms with van der Waals surface area (Å²) in [6, 6.07) is 7.73. The molecule has 1 N–H and O–H groups in total. The minimum absolute atomic E-state index is 0.239. The van der Waals surface area contributed by atoms with Gasteiger partial charge in [0.05, 0.1) is 0 Å². The number of rotatable bonds is 2. The number of nitrogens with one attached hydrogen (secondary N) is 1. The second-order valence-corrected chi connectivity index (χ2v) is 4.11. The normalized spacial score (nSPS) is 10.2. The number of pyridine rings is 1. The van der Waals surface area contributed by atoms with E-state index in [1.165, 1.54) is 18.3 Å². The van der Waals surface area contributed by atoms with Crippen LogP contribution in [0.4, 0.5) is 10.1 Å². The van der Waals surface area contributed by atoms with Crippen LogP contribution in [0.1, 0.15) is 16.1 Å². The Morgan fingerprint density at radius 2 is 2.11 bits per heavy atom. The van der Waals surface area contributed by atoms with Gasteiger partial charge in [0.1, 0.15) is 0 Å². The SMILES string of the molecule is Cc1c(Cl)cccc1NC(=O)c1ncccc1F. The Bertz CT molecular complexity index is 601. The molecule has 0 aliphatic rings. The van der Waals surface area contributed by atoms with Crippen LogP contribution in [0.2, 0.25) is 5.02 Å². The number of aromatic nitrogens is 1. The number of anilines is 1. The molecule has 0 saturated heterocycles. The monoisotopic (exact) mass is 264 g/mol. The molecule has 0 saturated carbocycles. The van der Waals surface area contributed by atoms with E-state index in [0.29, 0.717) is 10.7 Å². The molecule has 0 atom stereocenters. The second kappa shape index (κ2) is 5.14. The quantitative estimate of drug-likeness (QED) is 0.903. The number of carbonyl (C=O) groups is 1. The van der Waals surface area contributed by atoms with Crippen LogP contribution in [0, 0.1) is 12.7 Å². The summed E-state index contributed by atoms with van der Waals surface area (Å²) in [5.41, 5.74) is 1.03. The van der Waals surface area contributed by atoms with Gasteiger partial charge in [0.15, 0.2) is 11.5 Å². The van der Waals surface area contributed by atoms with Crippen molar-refractivity contribution >= 4 is 23.2 Å². The minimum Gasteiger partial charge on any atom is -0.320 e. The van der Waals surface area contributed by atoms with Gasteiger partial charge in [-0.1, -0.05) is 17.7 Å². The van der Waals surface area contributed by atoms with Crippen LogP contribution in [0.5, 0.6) is 0 Å². The Kier molecular flexibility index (Phi) is 3.58. The van der Waals surface area contributed by atoms with Gasteiger partial charge in [0, 0.05) is 16.9 Å². The molecule has 0 unspecified atom stereocenters. The van der Waals surface area contributed by atoms with Crippen molar-refractivity contribution in [1.82, 2.24) is 4.98 Å². The lowest BCUT2D eigenvalue weighted by Gasteiger charge is -2.09. The summed E-state index contributed by atoms with van der Waals surface area (Å²) >= 11 is 5.93. The summed E-state index contributed by atoms with van der Waals surface area (Å²) in [4.78, 5) is 15.5. The van der Waals surface area contributed by atoms with Crippen molar-refractivity contribution in [2.45, 2.75) is 6.92 Å². The third kappa shape index (κ3) is 2.49. The molecule has 2 rings (SSSR count). The molecule has 2 aromatic rings. The molecule has 0 aliphatic heterocycles. The number of hydrogen-bond acceptors (Lipinski definition) is 2. The number of amides is 1. The summed E-state index contributed by atoms with van der Waals surface area (Å²) in [5.74, 6) is -1.26. The maximum atomic E-state index is 13.4. The lowest BCUT2D eigenvalue weighted by Crippen LogP contribution is -2.16. The Morgan fingerprint density at radius 3 is 2.83 bits per heavy atom. The molecule has 1 aromatic heterocycles. The second-order valence-electron chi connectivity index (χ2n) is 3.70. The van der Waals surface area contributed by atoms with Gasteiger partial charge in [-0.25, -0.2) is 9.37 Å². The summed E-state index contributed by atoms with van der Waals surface area (Å²) < 4.78 is 13.4. The molecule has 5 heteroatoms. The highest BCUT2D eigenvalue weighted by Gasteiger charge is 2.14. The average Bonchev–Trinajstić information content (AvgIpc) is 2.35. The van der Waals surface area contributed by atoms with Crippen LogP contribution in [0.3, 0.4) is 0 Å². The van der Waals surface area contributed by atoms with Gasteiger partial charge < -0.3 is 5.32 Å². The molecule has 0 aliphatic carbocycles. The summed E-state index contributed by atoms with van der Waals surface area (Å²) in [5, 5.41) is 3.12. The molecule has 18 heavy (non-hydrogen) atoms. The molecular formula is C13H10ClFN2O. The first kappa shape index (κ1) is 12.5. The average molecular weight is 265 g/mol. The van der Waals surface area contributed by atoms with Gasteiger partial charge >= 0.3 is 0 Å². The zero-order valence-corrected chi connectivity index (χ0v) is 10.3. The van der Waals surface area contributed by atoms with Crippen molar-refractivity contribution in [3.8, 4) is 0 Å². The Hall–Kier alpha value is -1.94. The Balaban J connectivity index is 2.27. The summed E-state index contributed by atoms with van der Waals surface area (Å²) in [6.07, 6.45) is 1.36. The van der Waals surface area contributed by atoms with Gasteiger partial charge in [0.2, 0.25) is 0 Å². The number of benzene rings is 1. The first-order valence-corrected chi connectivity index (χ1v) is 5.64. The van der Waals surface area contributed by atoms with Crippen molar-refractivity contribution in [2.24, 2.45) is 0 Å². The summed E-state index contributed by atoms with van der Waals surface area (Å²) in [7, 11) is 0. The highest BCUT2D eigenvalue weighted by Crippen LogP contribution is 2.23. The van der Waals surface area contributed by atoms with Crippen LogP contribution in [-0.2, 0) is 0 Å². The van der Waals surface area contributed by atoms with Crippen LogP contribution < -0.4 is 5.32 Å². The van der Waals surface area contributed by atoms with Crippen LogP contribution >= 0.6 is 11.6 Å². The van der Waals surface area contributed by atoms with Crippen molar-refractivity contribution in [2.75, 3.05) is 5.32 Å². The molecule has 0 bridgehead atoms. The minimum atomic E-state index is -0.658. The first-order chi connectivity index (χ1) is 8.59. The third-order valence-electron chi connectivity index (χ3n) is 2.49. The standard InChI is InChI=1S/C13H10ClFN2O/c1-8-9(14)4-2-6-11(8)17-13(18)12-10(15)5-3-7-16-12/h2-7H,1H3,(H,17,18). The molecule has 92 valence electrons. The largest absolute Gasteiger partial charge is 0.320 e. The first-order valence-electron chi connectivity index (χ1n) is 5.26. The fraction of sp³-hybridized carbons (Fsp3) is 0.0769. The fourth-order valence-electron chi connectivity index (χ4n) is 1.48. The molecule has 0 radical (unpaired) electrons. The predicted molar refractivity (Wildman–Crippen MR) is 68.3 cm³/mol. The smallest absolute Gasteiger partial charge is 0.277 e. The molecule has 1 aromatic carbocycles. The fourth-order valence-corrected chi connectivity index (χ4v) is 1.65. The molecular weight excluding hydrogens is 255 g/mol. The van der Waals surface area contributed by atoms with Gasteiger partial charge in [-0.2, -0.15) is 0 Å². The van der Waals surface area contributed by atoms with E-state index >= 15 is 0 Å². The number of carbonyl (C=O) groups excluding carboxylic acids is 1. The van der Waals surface area contributed by atoms with E-state index in [0.717, 1.165) is 5.56 Å². The maximum Gasteiger partial charge on any atom is 0.277 e. The molecule has 3 nitrogen and oxygen atoms in total.